The molecular formula is C7H12N2O6. The van der Waals surface area contributed by atoms with Gasteiger partial charge in [0.15, 0.2) is 6.61 Å². The molecule has 1 aliphatic heterocycles. The number of aliphatic carboxylic acids is 1. The van der Waals surface area contributed by atoms with Gasteiger partial charge in [0, 0.05) is 0 Å². The highest BCUT2D eigenvalue weighted by Crippen LogP contribution is 1.83. The van der Waals surface area contributed by atoms with Crippen LogP contribution in [0.5, 0.6) is 0 Å². The lowest BCUT2D eigenvalue weighted by Crippen LogP contribution is -2.39. The number of nitrogens with two attached hydrogens (primary N) is 1. The van der Waals surface area contributed by atoms with Gasteiger partial charge < -0.3 is 26.0 Å². The van der Waals surface area contributed by atoms with Gasteiger partial charge in [0.2, 0.25) is 0 Å². The normalized spacial score (nSPS) is 16.7. The van der Waals surface area contributed by atoms with Crippen LogP contribution in [0.15, 0.2) is 0 Å². The van der Waals surface area contributed by atoms with Crippen molar-refractivity contribution in [3.05, 3.63) is 0 Å². The fraction of sp³-hybridized carbons (Fsp3) is 0.571. The van der Waals surface area contributed by atoms with E-state index in [4.69, 9.17) is 15.9 Å². The van der Waals surface area contributed by atoms with Crippen molar-refractivity contribution in [3.8, 4) is 0 Å². The molecule has 8 heteroatoms. The maximum atomic E-state index is 10.2. The summed E-state index contributed by atoms with van der Waals surface area (Å²) in [4.78, 5) is 30.0. The summed E-state index contributed by atoms with van der Waals surface area (Å²) in [6.45, 7) is -0.618. The maximum Gasteiger partial charge on any atom is 0.325 e. The minimum absolute atomic E-state index is 0.0127. The molecule has 0 aromatic heterocycles. The van der Waals surface area contributed by atoms with Crippen LogP contribution in [0.2, 0.25) is 0 Å². The molecule has 1 rings (SSSR count). The first kappa shape index (κ1) is 13.3. The molecule has 0 spiro atoms. The molecule has 0 unspecified atom stereocenters. The first-order chi connectivity index (χ1) is 6.97. The molecule has 1 saturated heterocycles. The highest BCUT2D eigenvalue weighted by atomic mass is 16.5. The number of cyclic esters (lactones) is 1. The Hall–Kier alpha value is -1.67. The summed E-state index contributed by atoms with van der Waals surface area (Å²) in [5, 5.41) is 18.2. The number of ether oxygens (including phenoxy) is 1. The molecule has 5 N–H and O–H groups in total. The molecule has 8 nitrogen and oxygen atoms in total. The number of carbonyl (C=O) groups is 3. The van der Waals surface area contributed by atoms with Gasteiger partial charge >= 0.3 is 11.9 Å². The number of carbonyl (C=O) groups excluding carboxylic acids is 2. The van der Waals surface area contributed by atoms with Crippen LogP contribution in [-0.4, -0.2) is 53.9 Å². The van der Waals surface area contributed by atoms with Gasteiger partial charge in [-0.15, -0.1) is 0 Å². The first-order valence-electron chi connectivity index (χ1n) is 3.99. The van der Waals surface area contributed by atoms with Gasteiger partial charge in [0.25, 0.3) is 5.91 Å². The summed E-state index contributed by atoms with van der Waals surface area (Å²) in [6.07, 6.45) is 0. The number of carboxylic acid groups (broad SMARTS) is 1. The highest BCUT2D eigenvalue weighted by Gasteiger charge is 2.13. The number of rotatable bonds is 2. The summed E-state index contributed by atoms with van der Waals surface area (Å²) in [5.74, 6) is -1.78. The molecule has 0 aromatic carbocycles. The van der Waals surface area contributed by atoms with Crippen LogP contribution < -0.4 is 11.1 Å². The number of morpholine rings is 1. The summed E-state index contributed by atoms with van der Waals surface area (Å²) in [6, 6.07) is -1.13. The average Bonchev–Trinajstić information content (AvgIpc) is 2.22. The summed E-state index contributed by atoms with van der Waals surface area (Å²) in [5.41, 5.74) is 4.77. The lowest BCUT2D eigenvalue weighted by atomic mass is 10.3. The molecule has 0 bridgehead atoms. The van der Waals surface area contributed by atoms with Crippen molar-refractivity contribution in [2.45, 2.75) is 6.04 Å². The van der Waals surface area contributed by atoms with Gasteiger partial charge in [-0.3, -0.25) is 14.4 Å². The Morgan fingerprint density at radius 3 is 2.40 bits per heavy atom. The predicted octanol–water partition coefficient (Wildman–Crippen LogP) is -2.95. The number of nitrogens with one attached hydrogen (secondary N) is 1. The lowest BCUT2D eigenvalue weighted by Gasteiger charge is -2.10. The molecule has 86 valence electrons. The number of aliphatic hydroxyl groups is 1. The number of aliphatic hydroxyl groups excluding tert-OH is 1. The Morgan fingerprint density at radius 1 is 1.60 bits per heavy atom. The molecule has 0 aromatic rings. The van der Waals surface area contributed by atoms with Crippen LogP contribution >= 0.6 is 0 Å². The fourth-order valence-corrected chi connectivity index (χ4v) is 0.497. The van der Waals surface area contributed by atoms with Crippen molar-refractivity contribution < 1.29 is 29.3 Å². The Balaban J connectivity index is 0.000000265. The zero-order valence-corrected chi connectivity index (χ0v) is 7.80. The van der Waals surface area contributed by atoms with Gasteiger partial charge in [0.05, 0.1) is 6.61 Å². The van der Waals surface area contributed by atoms with Crippen molar-refractivity contribution in [1.82, 2.24) is 5.32 Å². The standard InChI is InChI=1S/C4H5NO3.C3H7NO3/c6-3-2-8-4(7)1-5-3;4-2(1-5)3(6)7/h1-2H2,(H,5,6);2,5H,1,4H2,(H,6,7)/t;2-/m.0/s1. The van der Waals surface area contributed by atoms with E-state index >= 15 is 0 Å². The van der Waals surface area contributed by atoms with Gasteiger partial charge in [-0.1, -0.05) is 0 Å². The van der Waals surface area contributed by atoms with Crippen molar-refractivity contribution in [1.29, 1.82) is 0 Å². The van der Waals surface area contributed by atoms with Crippen LogP contribution in [0.3, 0.4) is 0 Å². The maximum absolute atomic E-state index is 10.2. The number of carboxylic acids is 1. The zero-order valence-electron chi connectivity index (χ0n) is 7.80. The van der Waals surface area contributed by atoms with Crippen LogP contribution in [0.25, 0.3) is 0 Å². The Bertz CT molecular complexity index is 226. The van der Waals surface area contributed by atoms with E-state index in [1.54, 1.807) is 0 Å². The molecule has 0 saturated carbocycles. The Labute approximate surface area is 85.0 Å². The summed E-state index contributed by atoms with van der Waals surface area (Å²) in [7, 11) is 0. The van der Waals surface area contributed by atoms with Crippen LogP contribution in [-0.2, 0) is 19.1 Å². The van der Waals surface area contributed by atoms with Gasteiger partial charge in [0.1, 0.15) is 12.6 Å². The number of amides is 1. The van der Waals surface area contributed by atoms with Gasteiger partial charge in [-0.05, 0) is 0 Å². The van der Waals surface area contributed by atoms with Crippen LogP contribution in [0.4, 0.5) is 0 Å². The molecule has 1 fully saturated rings. The van der Waals surface area contributed by atoms with Crippen molar-refractivity contribution in [2.24, 2.45) is 5.73 Å². The van der Waals surface area contributed by atoms with E-state index in [1.165, 1.54) is 0 Å². The second-order valence-electron chi connectivity index (χ2n) is 2.56. The second kappa shape index (κ2) is 6.74. The topological polar surface area (TPSA) is 139 Å². The Kier molecular flexibility index (Phi) is 5.99. The summed E-state index contributed by atoms with van der Waals surface area (Å²) >= 11 is 0. The zero-order chi connectivity index (χ0) is 11.8. The molecule has 15 heavy (non-hydrogen) atoms. The van der Waals surface area contributed by atoms with Crippen LogP contribution in [0, 0.1) is 0 Å². The summed E-state index contributed by atoms with van der Waals surface area (Å²) < 4.78 is 4.34. The molecule has 1 atom stereocenters. The van der Waals surface area contributed by atoms with Crippen molar-refractivity contribution >= 4 is 17.8 Å². The van der Waals surface area contributed by atoms with E-state index in [2.05, 4.69) is 10.1 Å². The largest absolute Gasteiger partial charge is 0.480 e. The van der Waals surface area contributed by atoms with E-state index in [1.807, 2.05) is 0 Å². The lowest BCUT2D eigenvalue weighted by molar-refractivity contribution is -0.152. The minimum Gasteiger partial charge on any atom is -0.480 e. The molecule has 1 amide bonds. The third-order valence-corrected chi connectivity index (χ3v) is 1.31. The molecular weight excluding hydrogens is 208 g/mol. The van der Waals surface area contributed by atoms with E-state index in [9.17, 15) is 14.4 Å². The average molecular weight is 220 g/mol. The van der Waals surface area contributed by atoms with Gasteiger partial charge in [-0.25, -0.2) is 0 Å². The van der Waals surface area contributed by atoms with E-state index < -0.39 is 18.6 Å². The Morgan fingerprint density at radius 2 is 2.20 bits per heavy atom. The minimum atomic E-state index is -1.18. The number of esters is 1. The molecule has 0 radical (unpaired) electrons. The molecule has 0 aliphatic carbocycles. The number of hydrogen-bond donors (Lipinski definition) is 4. The van der Waals surface area contributed by atoms with Crippen molar-refractivity contribution in [2.75, 3.05) is 19.8 Å². The number of hydrogen-bond acceptors (Lipinski definition) is 6. The quantitative estimate of drug-likeness (QED) is 0.365. The third-order valence-electron chi connectivity index (χ3n) is 1.31. The first-order valence-corrected chi connectivity index (χ1v) is 3.99. The second-order valence-corrected chi connectivity index (χ2v) is 2.56. The van der Waals surface area contributed by atoms with Gasteiger partial charge in [-0.2, -0.15) is 0 Å². The van der Waals surface area contributed by atoms with E-state index in [-0.39, 0.29) is 25.0 Å². The third kappa shape index (κ3) is 6.41. The highest BCUT2D eigenvalue weighted by molar-refractivity contribution is 5.87. The monoisotopic (exact) mass is 220 g/mol. The van der Waals surface area contributed by atoms with E-state index in [0.29, 0.717) is 0 Å². The fourth-order valence-electron chi connectivity index (χ4n) is 0.497. The smallest absolute Gasteiger partial charge is 0.325 e. The molecule has 1 aliphatic rings. The van der Waals surface area contributed by atoms with Crippen LogP contribution in [0.1, 0.15) is 0 Å². The van der Waals surface area contributed by atoms with E-state index in [0.717, 1.165) is 0 Å². The van der Waals surface area contributed by atoms with Crippen molar-refractivity contribution in [3.63, 3.8) is 0 Å². The SMILES string of the molecule is N[C@@H](CO)C(=O)O.O=C1COC(=O)CN1. The predicted molar refractivity (Wildman–Crippen MR) is 46.7 cm³/mol. The molecule has 1 heterocycles.